The van der Waals surface area contributed by atoms with E-state index in [2.05, 4.69) is 10.2 Å². The van der Waals surface area contributed by atoms with Crippen LogP contribution in [0, 0.1) is 6.92 Å². The third-order valence-corrected chi connectivity index (χ3v) is 4.57. The summed E-state index contributed by atoms with van der Waals surface area (Å²) in [5.41, 5.74) is 2.91. The Labute approximate surface area is 135 Å². The number of benzene rings is 1. The van der Waals surface area contributed by atoms with Gasteiger partial charge in [-0.25, -0.2) is 0 Å². The standard InChI is InChI=1S/C17H20ClN3O/c1-12-9-14(20-19-12)11-17(22)21-8-4-6-15(21)10-13-5-2-3-7-16(13)18/h2-3,5,7,9,15H,4,6,8,10-11H2,1H3,(H,19,20). The quantitative estimate of drug-likeness (QED) is 0.941. The fourth-order valence-electron chi connectivity index (χ4n) is 3.12. The van der Waals surface area contributed by atoms with Crippen LogP contribution in [0.3, 0.4) is 0 Å². The molecule has 1 amide bonds. The maximum atomic E-state index is 12.5. The zero-order valence-electron chi connectivity index (χ0n) is 12.7. The minimum Gasteiger partial charge on any atom is -0.339 e. The molecule has 1 fully saturated rings. The molecule has 1 saturated heterocycles. The van der Waals surface area contributed by atoms with E-state index in [0.717, 1.165) is 47.8 Å². The molecule has 5 heteroatoms. The van der Waals surface area contributed by atoms with E-state index in [9.17, 15) is 4.79 Å². The van der Waals surface area contributed by atoms with Gasteiger partial charge in [0.2, 0.25) is 5.91 Å². The van der Waals surface area contributed by atoms with Crippen LogP contribution in [0.5, 0.6) is 0 Å². The zero-order valence-corrected chi connectivity index (χ0v) is 13.4. The first-order valence-electron chi connectivity index (χ1n) is 7.67. The van der Waals surface area contributed by atoms with E-state index < -0.39 is 0 Å². The predicted molar refractivity (Wildman–Crippen MR) is 86.9 cm³/mol. The van der Waals surface area contributed by atoms with Crippen LogP contribution in [-0.2, 0) is 17.6 Å². The summed E-state index contributed by atoms with van der Waals surface area (Å²) in [5, 5.41) is 7.82. The Morgan fingerprint density at radius 3 is 3.00 bits per heavy atom. The van der Waals surface area contributed by atoms with Gasteiger partial charge in [-0.2, -0.15) is 5.10 Å². The summed E-state index contributed by atoms with van der Waals surface area (Å²) in [5.74, 6) is 0.154. The number of halogens is 1. The van der Waals surface area contributed by atoms with Crippen LogP contribution in [0.2, 0.25) is 5.02 Å². The van der Waals surface area contributed by atoms with Crippen LogP contribution in [0.15, 0.2) is 30.3 Å². The van der Waals surface area contributed by atoms with E-state index in [-0.39, 0.29) is 11.9 Å². The summed E-state index contributed by atoms with van der Waals surface area (Å²) < 4.78 is 0. The molecular weight excluding hydrogens is 298 g/mol. The Morgan fingerprint density at radius 1 is 1.45 bits per heavy atom. The van der Waals surface area contributed by atoms with E-state index in [1.165, 1.54) is 0 Å². The van der Waals surface area contributed by atoms with Crippen molar-refractivity contribution in [3.05, 3.63) is 52.3 Å². The van der Waals surface area contributed by atoms with E-state index in [1.54, 1.807) is 0 Å². The van der Waals surface area contributed by atoms with E-state index in [1.807, 2.05) is 42.2 Å². The molecule has 116 valence electrons. The second-order valence-electron chi connectivity index (χ2n) is 5.90. The highest BCUT2D eigenvalue weighted by Crippen LogP contribution is 2.25. The van der Waals surface area contributed by atoms with Gasteiger partial charge < -0.3 is 4.90 Å². The number of nitrogens with one attached hydrogen (secondary N) is 1. The van der Waals surface area contributed by atoms with E-state index in [4.69, 9.17) is 11.6 Å². The number of hydrogen-bond acceptors (Lipinski definition) is 2. The maximum Gasteiger partial charge on any atom is 0.228 e. The molecule has 0 spiro atoms. The molecule has 0 bridgehead atoms. The minimum atomic E-state index is 0.154. The number of aromatic amines is 1. The number of carbonyl (C=O) groups is 1. The Bertz CT molecular complexity index is 667. The number of aryl methyl sites for hydroxylation is 1. The van der Waals surface area contributed by atoms with Gasteiger partial charge in [0.1, 0.15) is 0 Å². The Balaban J connectivity index is 1.67. The Morgan fingerprint density at radius 2 is 2.27 bits per heavy atom. The van der Waals surface area contributed by atoms with Gasteiger partial charge in [0.15, 0.2) is 0 Å². The Kier molecular flexibility index (Phi) is 4.48. The second-order valence-corrected chi connectivity index (χ2v) is 6.30. The summed E-state index contributed by atoms with van der Waals surface area (Å²) in [6, 6.07) is 10.0. The molecule has 0 radical (unpaired) electrons. The first-order valence-corrected chi connectivity index (χ1v) is 8.05. The summed E-state index contributed by atoms with van der Waals surface area (Å²) in [6.45, 7) is 2.77. The topological polar surface area (TPSA) is 49.0 Å². The van der Waals surface area contributed by atoms with Crippen molar-refractivity contribution in [2.24, 2.45) is 0 Å². The zero-order chi connectivity index (χ0) is 15.5. The summed E-state index contributed by atoms with van der Waals surface area (Å²) >= 11 is 6.24. The molecule has 2 aromatic rings. The molecule has 1 aliphatic rings. The number of hydrogen-bond donors (Lipinski definition) is 1. The second kappa shape index (κ2) is 6.53. The number of carbonyl (C=O) groups excluding carboxylic acids is 1. The van der Waals surface area contributed by atoms with E-state index >= 15 is 0 Å². The normalized spacial score (nSPS) is 17.9. The highest BCUT2D eigenvalue weighted by molar-refractivity contribution is 6.31. The van der Waals surface area contributed by atoms with Gasteiger partial charge in [-0.15, -0.1) is 0 Å². The van der Waals surface area contributed by atoms with Crippen molar-refractivity contribution < 1.29 is 4.79 Å². The fourth-order valence-corrected chi connectivity index (χ4v) is 3.33. The van der Waals surface area contributed by atoms with Crippen molar-refractivity contribution in [1.82, 2.24) is 15.1 Å². The third kappa shape index (κ3) is 3.33. The highest BCUT2D eigenvalue weighted by atomic mass is 35.5. The third-order valence-electron chi connectivity index (χ3n) is 4.20. The molecule has 3 rings (SSSR count). The van der Waals surface area contributed by atoms with Crippen LogP contribution in [-0.4, -0.2) is 33.6 Å². The molecule has 0 saturated carbocycles. The number of aromatic nitrogens is 2. The number of rotatable bonds is 4. The summed E-state index contributed by atoms with van der Waals surface area (Å²) in [7, 11) is 0. The average molecular weight is 318 g/mol. The van der Waals surface area contributed by atoms with Crippen molar-refractivity contribution in [2.45, 2.75) is 38.6 Å². The fraction of sp³-hybridized carbons (Fsp3) is 0.412. The summed E-state index contributed by atoms with van der Waals surface area (Å²) in [6.07, 6.45) is 3.28. The Hall–Kier alpha value is -1.81. The molecule has 22 heavy (non-hydrogen) atoms. The SMILES string of the molecule is Cc1cc(CC(=O)N2CCCC2Cc2ccccc2Cl)n[nH]1. The van der Waals surface area contributed by atoms with Crippen LogP contribution >= 0.6 is 11.6 Å². The number of H-pyrrole nitrogens is 1. The first-order chi connectivity index (χ1) is 10.6. The van der Waals surface area contributed by atoms with Gasteiger partial charge in [0.05, 0.1) is 12.1 Å². The molecule has 1 unspecified atom stereocenters. The van der Waals surface area contributed by atoms with Crippen molar-refractivity contribution in [3.63, 3.8) is 0 Å². The summed E-state index contributed by atoms with van der Waals surface area (Å²) in [4.78, 5) is 14.5. The van der Waals surface area contributed by atoms with Crippen molar-refractivity contribution >= 4 is 17.5 Å². The van der Waals surface area contributed by atoms with Crippen LogP contribution < -0.4 is 0 Å². The van der Waals surface area contributed by atoms with Crippen molar-refractivity contribution in [1.29, 1.82) is 0 Å². The lowest BCUT2D eigenvalue weighted by molar-refractivity contribution is -0.131. The maximum absolute atomic E-state index is 12.5. The minimum absolute atomic E-state index is 0.154. The molecule has 2 heterocycles. The largest absolute Gasteiger partial charge is 0.339 e. The lowest BCUT2D eigenvalue weighted by Crippen LogP contribution is -2.37. The smallest absolute Gasteiger partial charge is 0.228 e. The van der Waals surface area contributed by atoms with Gasteiger partial charge in [-0.05, 0) is 43.9 Å². The lowest BCUT2D eigenvalue weighted by atomic mass is 10.0. The molecule has 0 aliphatic carbocycles. The number of likely N-dealkylation sites (tertiary alicyclic amines) is 1. The molecule has 1 atom stereocenters. The molecule has 1 aromatic carbocycles. The number of nitrogens with zero attached hydrogens (tertiary/aromatic N) is 2. The van der Waals surface area contributed by atoms with Gasteiger partial charge in [0.25, 0.3) is 0 Å². The monoisotopic (exact) mass is 317 g/mol. The molecule has 1 N–H and O–H groups in total. The molecule has 1 aromatic heterocycles. The van der Waals surface area contributed by atoms with Gasteiger partial charge in [-0.3, -0.25) is 9.89 Å². The van der Waals surface area contributed by atoms with E-state index in [0.29, 0.717) is 6.42 Å². The molecule has 4 nitrogen and oxygen atoms in total. The van der Waals surface area contributed by atoms with Gasteiger partial charge in [0, 0.05) is 23.3 Å². The average Bonchev–Trinajstić information content (AvgIpc) is 3.10. The van der Waals surface area contributed by atoms with Crippen LogP contribution in [0.25, 0.3) is 0 Å². The van der Waals surface area contributed by atoms with Crippen LogP contribution in [0.4, 0.5) is 0 Å². The van der Waals surface area contributed by atoms with Crippen molar-refractivity contribution in [2.75, 3.05) is 6.54 Å². The lowest BCUT2D eigenvalue weighted by Gasteiger charge is -2.25. The predicted octanol–water partition coefficient (Wildman–Crippen LogP) is 3.15. The van der Waals surface area contributed by atoms with Crippen molar-refractivity contribution in [3.8, 4) is 0 Å². The van der Waals surface area contributed by atoms with Gasteiger partial charge in [-0.1, -0.05) is 29.8 Å². The highest BCUT2D eigenvalue weighted by Gasteiger charge is 2.29. The first kappa shape index (κ1) is 15.1. The van der Waals surface area contributed by atoms with Gasteiger partial charge >= 0.3 is 0 Å². The van der Waals surface area contributed by atoms with Crippen LogP contribution in [0.1, 0.15) is 29.8 Å². The molecular formula is C17H20ClN3O. The number of amides is 1. The molecule has 1 aliphatic heterocycles.